The second kappa shape index (κ2) is 5.56. The van der Waals surface area contributed by atoms with Gasteiger partial charge in [-0.3, -0.25) is 4.79 Å². The molecule has 4 nitrogen and oxygen atoms in total. The van der Waals surface area contributed by atoms with Crippen molar-refractivity contribution in [3.63, 3.8) is 0 Å². The fraction of sp³-hybridized carbons (Fsp3) is 0.214. The zero-order valence-electron chi connectivity index (χ0n) is 10.8. The smallest absolute Gasteiger partial charge is 0.251 e. The number of amides is 1. The largest absolute Gasteiger partial charge is 0.346 e. The average molecular weight is 259 g/mol. The van der Waals surface area contributed by atoms with E-state index in [0.29, 0.717) is 23.5 Å². The van der Waals surface area contributed by atoms with Crippen LogP contribution in [0.4, 0.5) is 4.39 Å². The summed E-state index contributed by atoms with van der Waals surface area (Å²) in [5.74, 6) is 0.0896. The van der Waals surface area contributed by atoms with Gasteiger partial charge in [-0.1, -0.05) is 0 Å². The lowest BCUT2D eigenvalue weighted by molar-refractivity contribution is 0.0950. The van der Waals surface area contributed by atoms with Crippen LogP contribution in [0, 0.1) is 19.7 Å². The summed E-state index contributed by atoms with van der Waals surface area (Å²) in [5.41, 5.74) is 1.62. The van der Waals surface area contributed by atoms with Crippen LogP contribution in [0.1, 0.15) is 27.4 Å². The first-order chi connectivity index (χ1) is 9.06. The third-order valence-corrected chi connectivity index (χ3v) is 2.68. The second-order valence-electron chi connectivity index (χ2n) is 4.24. The summed E-state index contributed by atoms with van der Waals surface area (Å²) < 4.78 is 13.1. The maximum Gasteiger partial charge on any atom is 0.251 e. The van der Waals surface area contributed by atoms with Crippen LogP contribution in [-0.4, -0.2) is 15.9 Å². The summed E-state index contributed by atoms with van der Waals surface area (Å²) in [7, 11) is 0. The summed E-state index contributed by atoms with van der Waals surface area (Å²) in [4.78, 5) is 20.1. The van der Waals surface area contributed by atoms with Gasteiger partial charge in [0, 0.05) is 11.8 Å². The van der Waals surface area contributed by atoms with E-state index in [2.05, 4.69) is 15.3 Å². The van der Waals surface area contributed by atoms with E-state index < -0.39 is 0 Å². The van der Waals surface area contributed by atoms with Crippen LogP contribution in [0.15, 0.2) is 30.5 Å². The highest BCUT2D eigenvalue weighted by Gasteiger charge is 2.07. The second-order valence-corrected chi connectivity index (χ2v) is 4.24. The van der Waals surface area contributed by atoms with Crippen molar-refractivity contribution in [2.24, 2.45) is 0 Å². The monoisotopic (exact) mass is 259 g/mol. The number of hydrogen-bond donors (Lipinski definition) is 1. The molecule has 5 heteroatoms. The SMILES string of the molecule is Cc1nccc(CNC(=O)c2ccc(F)c(C)c2)n1. The summed E-state index contributed by atoms with van der Waals surface area (Å²) in [6.45, 7) is 3.73. The van der Waals surface area contributed by atoms with E-state index >= 15 is 0 Å². The molecule has 2 rings (SSSR count). The van der Waals surface area contributed by atoms with Gasteiger partial charge in [0.25, 0.3) is 5.91 Å². The summed E-state index contributed by atoms with van der Waals surface area (Å²) in [6, 6.07) is 6.01. The summed E-state index contributed by atoms with van der Waals surface area (Å²) >= 11 is 0. The molecule has 0 aliphatic carbocycles. The minimum Gasteiger partial charge on any atom is -0.346 e. The number of nitrogens with zero attached hydrogens (tertiary/aromatic N) is 2. The van der Waals surface area contributed by atoms with E-state index in [1.807, 2.05) is 0 Å². The van der Waals surface area contributed by atoms with Crippen LogP contribution in [0.3, 0.4) is 0 Å². The van der Waals surface area contributed by atoms with Gasteiger partial charge in [0.2, 0.25) is 0 Å². The lowest BCUT2D eigenvalue weighted by Crippen LogP contribution is -2.23. The van der Waals surface area contributed by atoms with Crippen molar-refractivity contribution < 1.29 is 9.18 Å². The molecule has 0 aliphatic rings. The predicted molar refractivity (Wildman–Crippen MR) is 69.1 cm³/mol. The molecule has 0 aliphatic heterocycles. The van der Waals surface area contributed by atoms with Crippen molar-refractivity contribution in [3.8, 4) is 0 Å². The summed E-state index contributed by atoms with van der Waals surface area (Å²) in [5, 5.41) is 2.74. The quantitative estimate of drug-likeness (QED) is 0.919. The third-order valence-electron chi connectivity index (χ3n) is 2.68. The van der Waals surface area contributed by atoms with E-state index in [4.69, 9.17) is 0 Å². The Morgan fingerprint density at radius 1 is 1.32 bits per heavy atom. The number of carbonyl (C=O) groups excluding carboxylic acids is 1. The Morgan fingerprint density at radius 2 is 2.11 bits per heavy atom. The highest BCUT2D eigenvalue weighted by atomic mass is 19.1. The molecule has 0 fully saturated rings. The number of benzene rings is 1. The molecule has 0 saturated heterocycles. The van der Waals surface area contributed by atoms with Gasteiger partial charge in [0.05, 0.1) is 12.2 Å². The van der Waals surface area contributed by atoms with Crippen LogP contribution in [0.5, 0.6) is 0 Å². The molecule has 1 heterocycles. The minimum atomic E-state index is -0.317. The molecule has 0 bridgehead atoms. The topological polar surface area (TPSA) is 54.9 Å². The van der Waals surface area contributed by atoms with E-state index in [1.165, 1.54) is 18.2 Å². The molecule has 2 aromatic rings. The van der Waals surface area contributed by atoms with Crippen molar-refractivity contribution in [1.82, 2.24) is 15.3 Å². The normalized spacial score (nSPS) is 10.3. The molecule has 19 heavy (non-hydrogen) atoms. The minimum absolute atomic E-state index is 0.251. The Labute approximate surface area is 110 Å². The fourth-order valence-electron chi connectivity index (χ4n) is 1.66. The molecule has 1 amide bonds. The number of aromatic nitrogens is 2. The standard InChI is InChI=1S/C14H14FN3O/c1-9-7-11(3-4-13(9)15)14(19)17-8-12-5-6-16-10(2)18-12/h3-7H,8H2,1-2H3,(H,17,19). The molecule has 98 valence electrons. The van der Waals surface area contributed by atoms with Gasteiger partial charge in [-0.05, 0) is 43.7 Å². The number of rotatable bonds is 3. The van der Waals surface area contributed by atoms with Crippen LogP contribution >= 0.6 is 0 Å². The summed E-state index contributed by atoms with van der Waals surface area (Å²) in [6.07, 6.45) is 1.64. The highest BCUT2D eigenvalue weighted by molar-refractivity contribution is 5.94. The Bertz CT molecular complexity index is 613. The van der Waals surface area contributed by atoms with Gasteiger partial charge in [-0.2, -0.15) is 0 Å². The lowest BCUT2D eigenvalue weighted by Gasteiger charge is -2.06. The molecule has 0 unspecified atom stereocenters. The zero-order chi connectivity index (χ0) is 13.8. The van der Waals surface area contributed by atoms with Gasteiger partial charge in [-0.25, -0.2) is 14.4 Å². The maximum absolute atomic E-state index is 13.1. The number of aryl methyl sites for hydroxylation is 2. The molecule has 0 spiro atoms. The Balaban J connectivity index is 2.03. The van der Waals surface area contributed by atoms with Crippen molar-refractivity contribution in [2.45, 2.75) is 20.4 Å². The van der Waals surface area contributed by atoms with Crippen molar-refractivity contribution in [2.75, 3.05) is 0 Å². The van der Waals surface area contributed by atoms with Crippen molar-refractivity contribution in [3.05, 3.63) is 58.9 Å². The zero-order valence-corrected chi connectivity index (χ0v) is 10.8. The molecule has 1 N–H and O–H groups in total. The Morgan fingerprint density at radius 3 is 2.79 bits per heavy atom. The highest BCUT2D eigenvalue weighted by Crippen LogP contribution is 2.09. The molecular formula is C14H14FN3O. The molecule has 0 radical (unpaired) electrons. The van der Waals surface area contributed by atoms with Crippen LogP contribution < -0.4 is 5.32 Å². The maximum atomic E-state index is 13.1. The van der Waals surface area contributed by atoms with Crippen LogP contribution in [0.25, 0.3) is 0 Å². The number of carbonyl (C=O) groups is 1. The van der Waals surface area contributed by atoms with Gasteiger partial charge >= 0.3 is 0 Å². The molecule has 1 aromatic heterocycles. The van der Waals surface area contributed by atoms with E-state index in [0.717, 1.165) is 5.69 Å². The van der Waals surface area contributed by atoms with Crippen molar-refractivity contribution in [1.29, 1.82) is 0 Å². The lowest BCUT2D eigenvalue weighted by atomic mass is 10.1. The Kier molecular flexibility index (Phi) is 3.85. The predicted octanol–water partition coefficient (Wildman–Crippen LogP) is 2.16. The number of nitrogens with one attached hydrogen (secondary N) is 1. The van der Waals surface area contributed by atoms with Gasteiger partial charge < -0.3 is 5.32 Å². The van der Waals surface area contributed by atoms with E-state index in [9.17, 15) is 9.18 Å². The first kappa shape index (κ1) is 13.1. The number of hydrogen-bond acceptors (Lipinski definition) is 3. The van der Waals surface area contributed by atoms with Crippen LogP contribution in [0.2, 0.25) is 0 Å². The molecule has 1 aromatic carbocycles. The van der Waals surface area contributed by atoms with Crippen LogP contribution in [-0.2, 0) is 6.54 Å². The van der Waals surface area contributed by atoms with Gasteiger partial charge in [0.15, 0.2) is 0 Å². The fourth-order valence-corrected chi connectivity index (χ4v) is 1.66. The average Bonchev–Trinajstić information content (AvgIpc) is 2.39. The molecular weight excluding hydrogens is 245 g/mol. The van der Waals surface area contributed by atoms with Crippen molar-refractivity contribution >= 4 is 5.91 Å². The van der Waals surface area contributed by atoms with Gasteiger partial charge in [-0.15, -0.1) is 0 Å². The van der Waals surface area contributed by atoms with Gasteiger partial charge in [0.1, 0.15) is 11.6 Å². The first-order valence-corrected chi connectivity index (χ1v) is 5.89. The third kappa shape index (κ3) is 3.34. The van der Waals surface area contributed by atoms with E-state index in [1.54, 1.807) is 26.1 Å². The number of halogens is 1. The molecule has 0 atom stereocenters. The van der Waals surface area contributed by atoms with E-state index in [-0.39, 0.29) is 11.7 Å². The Hall–Kier alpha value is -2.30. The molecule has 0 saturated carbocycles. The first-order valence-electron chi connectivity index (χ1n) is 5.89.